The van der Waals surface area contributed by atoms with Crippen LogP contribution in [0.2, 0.25) is 0 Å². The fraction of sp³-hybridized carbons (Fsp3) is 0.0500. The topological polar surface area (TPSA) is 113 Å². The van der Waals surface area contributed by atoms with Crippen LogP contribution in [-0.4, -0.2) is 31.2 Å². The average molecular weight is 404 g/mol. The predicted octanol–water partition coefficient (Wildman–Crippen LogP) is 3.57. The first-order valence-electron chi connectivity index (χ1n) is 8.71. The van der Waals surface area contributed by atoms with Crippen LogP contribution in [0.3, 0.4) is 0 Å². The Labute approximate surface area is 170 Å². The molecule has 8 nitrogen and oxygen atoms in total. The first-order valence-corrected chi connectivity index (χ1v) is 9.53. The summed E-state index contributed by atoms with van der Waals surface area (Å²) in [4.78, 5) is 20.6. The summed E-state index contributed by atoms with van der Waals surface area (Å²) in [5.41, 5.74) is 1.85. The number of hydrogen-bond donors (Lipinski definition) is 3. The molecule has 3 aromatic heterocycles. The van der Waals surface area contributed by atoms with Gasteiger partial charge in [0, 0.05) is 41.8 Å². The number of phenolic OH excluding ortho intramolecular Hbond substituents is 1. The van der Waals surface area contributed by atoms with Crippen molar-refractivity contribution < 1.29 is 9.90 Å². The largest absolute Gasteiger partial charge is 0.508 e. The summed E-state index contributed by atoms with van der Waals surface area (Å²) in [6.07, 6.45) is 5.02. The van der Waals surface area contributed by atoms with Crippen molar-refractivity contribution in [1.82, 2.24) is 20.2 Å². The maximum absolute atomic E-state index is 12.5. The lowest BCUT2D eigenvalue weighted by Gasteiger charge is -2.09. The molecule has 4 aromatic rings. The number of hydrogen-bond acceptors (Lipinski definition) is 8. The van der Waals surface area contributed by atoms with Gasteiger partial charge in [-0.15, -0.1) is 10.2 Å². The normalized spacial score (nSPS) is 10.5. The second-order valence-corrected chi connectivity index (χ2v) is 6.99. The Morgan fingerprint density at radius 1 is 1.03 bits per heavy atom. The van der Waals surface area contributed by atoms with Crippen LogP contribution >= 0.6 is 11.3 Å². The van der Waals surface area contributed by atoms with Crippen molar-refractivity contribution in [3.05, 3.63) is 78.2 Å². The molecule has 0 aliphatic carbocycles. The number of pyridine rings is 2. The summed E-state index contributed by atoms with van der Waals surface area (Å²) in [6.45, 7) is 0.385. The number of aromatic hydroxyl groups is 1. The highest BCUT2D eigenvalue weighted by molar-refractivity contribution is 7.18. The molecule has 29 heavy (non-hydrogen) atoms. The van der Waals surface area contributed by atoms with Crippen molar-refractivity contribution in [2.45, 2.75) is 6.54 Å². The molecule has 4 rings (SSSR count). The number of amides is 1. The minimum atomic E-state index is -0.373. The summed E-state index contributed by atoms with van der Waals surface area (Å²) in [5, 5.41) is 25.2. The molecule has 0 saturated heterocycles. The lowest BCUT2D eigenvalue weighted by atomic mass is 10.1. The fourth-order valence-corrected chi connectivity index (χ4v) is 3.31. The SMILES string of the molecule is O=C(Nc1nnc(-c2ccncc2)s1)c1ccc(CNc2ccccn2)c(O)c1. The van der Waals surface area contributed by atoms with Gasteiger partial charge in [0.15, 0.2) is 0 Å². The summed E-state index contributed by atoms with van der Waals surface area (Å²) in [5.74, 6) is 0.354. The zero-order valence-electron chi connectivity index (χ0n) is 15.1. The lowest BCUT2D eigenvalue weighted by Crippen LogP contribution is -2.12. The lowest BCUT2D eigenvalue weighted by molar-refractivity contribution is 0.102. The monoisotopic (exact) mass is 404 g/mol. The average Bonchev–Trinajstić information content (AvgIpc) is 3.22. The van der Waals surface area contributed by atoms with E-state index in [-0.39, 0.29) is 11.7 Å². The molecule has 0 atom stereocenters. The molecule has 0 spiro atoms. The van der Waals surface area contributed by atoms with Gasteiger partial charge in [-0.1, -0.05) is 23.5 Å². The molecule has 0 aliphatic rings. The van der Waals surface area contributed by atoms with Gasteiger partial charge in [0.2, 0.25) is 5.13 Å². The second kappa shape index (κ2) is 8.44. The van der Waals surface area contributed by atoms with Crippen LogP contribution in [0, 0.1) is 0 Å². The van der Waals surface area contributed by atoms with Crippen molar-refractivity contribution in [3.8, 4) is 16.3 Å². The van der Waals surface area contributed by atoms with E-state index in [9.17, 15) is 9.90 Å². The zero-order valence-corrected chi connectivity index (χ0v) is 15.9. The summed E-state index contributed by atoms with van der Waals surface area (Å²) in [7, 11) is 0. The van der Waals surface area contributed by atoms with E-state index in [0.717, 1.165) is 5.56 Å². The standard InChI is InChI=1S/C20H16N6O2S/c27-16-11-14(4-5-15(16)12-23-17-3-1-2-8-22-17)18(28)24-20-26-25-19(29-20)13-6-9-21-10-7-13/h1-11,27H,12H2,(H,22,23)(H,24,26,28). The predicted molar refractivity (Wildman–Crippen MR) is 111 cm³/mol. The van der Waals surface area contributed by atoms with Gasteiger partial charge in [0.05, 0.1) is 0 Å². The van der Waals surface area contributed by atoms with Crippen LogP contribution in [0.1, 0.15) is 15.9 Å². The highest BCUT2D eigenvalue weighted by atomic mass is 32.1. The summed E-state index contributed by atoms with van der Waals surface area (Å²) >= 11 is 1.26. The van der Waals surface area contributed by atoms with E-state index in [1.165, 1.54) is 17.4 Å². The third kappa shape index (κ3) is 4.53. The van der Waals surface area contributed by atoms with E-state index in [2.05, 4.69) is 30.8 Å². The summed E-state index contributed by atoms with van der Waals surface area (Å²) < 4.78 is 0. The molecule has 1 amide bonds. The van der Waals surface area contributed by atoms with Gasteiger partial charge in [0.1, 0.15) is 16.6 Å². The van der Waals surface area contributed by atoms with Crippen LogP contribution < -0.4 is 10.6 Å². The van der Waals surface area contributed by atoms with Crippen molar-refractivity contribution in [1.29, 1.82) is 0 Å². The first kappa shape index (κ1) is 18.5. The Bertz CT molecular complexity index is 1120. The van der Waals surface area contributed by atoms with Crippen molar-refractivity contribution in [3.63, 3.8) is 0 Å². The number of nitrogens with one attached hydrogen (secondary N) is 2. The molecule has 0 unspecified atom stereocenters. The van der Waals surface area contributed by atoms with Gasteiger partial charge >= 0.3 is 0 Å². The van der Waals surface area contributed by atoms with Gasteiger partial charge in [0.25, 0.3) is 5.91 Å². The number of aromatic nitrogens is 4. The Morgan fingerprint density at radius 3 is 2.66 bits per heavy atom. The number of nitrogens with zero attached hydrogens (tertiary/aromatic N) is 4. The molecular formula is C20H16N6O2S. The fourth-order valence-electron chi connectivity index (χ4n) is 2.56. The number of anilines is 2. The van der Waals surface area contributed by atoms with Gasteiger partial charge in [-0.25, -0.2) is 4.98 Å². The Morgan fingerprint density at radius 2 is 1.90 bits per heavy atom. The van der Waals surface area contributed by atoms with Crippen LogP contribution in [0.15, 0.2) is 67.1 Å². The van der Waals surface area contributed by atoms with Crippen LogP contribution in [0.5, 0.6) is 5.75 Å². The number of benzene rings is 1. The molecule has 144 valence electrons. The molecule has 0 aliphatic heterocycles. The third-order valence-corrected chi connectivity index (χ3v) is 4.93. The van der Waals surface area contributed by atoms with Gasteiger partial charge < -0.3 is 10.4 Å². The molecule has 0 saturated carbocycles. The molecule has 0 bridgehead atoms. The van der Waals surface area contributed by atoms with E-state index < -0.39 is 0 Å². The molecular weight excluding hydrogens is 388 g/mol. The minimum absolute atomic E-state index is 0.0239. The Hall–Kier alpha value is -3.85. The maximum atomic E-state index is 12.5. The third-order valence-electron chi connectivity index (χ3n) is 4.05. The molecule has 1 aromatic carbocycles. The quantitative estimate of drug-likeness (QED) is 0.450. The number of carbonyl (C=O) groups is 1. The number of carbonyl (C=O) groups excluding carboxylic acids is 1. The smallest absolute Gasteiger partial charge is 0.257 e. The highest BCUT2D eigenvalue weighted by Gasteiger charge is 2.13. The van der Waals surface area contributed by atoms with Gasteiger partial charge in [-0.3, -0.25) is 15.1 Å². The minimum Gasteiger partial charge on any atom is -0.508 e. The molecule has 0 radical (unpaired) electrons. The maximum Gasteiger partial charge on any atom is 0.257 e. The van der Waals surface area contributed by atoms with Gasteiger partial charge in [-0.2, -0.15) is 0 Å². The van der Waals surface area contributed by atoms with Crippen molar-refractivity contribution in [2.75, 3.05) is 10.6 Å². The molecule has 9 heteroatoms. The first-order chi connectivity index (χ1) is 14.2. The molecule has 0 fully saturated rings. The Kier molecular flexibility index (Phi) is 5.39. The van der Waals surface area contributed by atoms with Gasteiger partial charge in [-0.05, 0) is 36.4 Å². The van der Waals surface area contributed by atoms with Crippen molar-refractivity contribution >= 4 is 28.2 Å². The summed E-state index contributed by atoms with van der Waals surface area (Å²) in [6, 6.07) is 13.9. The zero-order chi connectivity index (χ0) is 20.1. The van der Waals surface area contributed by atoms with Crippen LogP contribution in [0.25, 0.3) is 10.6 Å². The number of rotatable bonds is 6. The number of phenols is 1. The highest BCUT2D eigenvalue weighted by Crippen LogP contribution is 2.26. The van der Waals surface area contributed by atoms with Crippen LogP contribution in [0.4, 0.5) is 10.9 Å². The van der Waals surface area contributed by atoms with Crippen LogP contribution in [-0.2, 0) is 6.54 Å². The second-order valence-electron chi connectivity index (χ2n) is 6.01. The van der Waals surface area contributed by atoms with E-state index in [4.69, 9.17) is 0 Å². The van der Waals surface area contributed by atoms with E-state index >= 15 is 0 Å². The molecule has 3 heterocycles. The van der Waals surface area contributed by atoms with E-state index in [1.54, 1.807) is 30.7 Å². The molecule has 3 N–H and O–H groups in total. The van der Waals surface area contributed by atoms with E-state index in [1.807, 2.05) is 30.3 Å². The van der Waals surface area contributed by atoms with E-state index in [0.29, 0.717) is 33.6 Å². The Balaban J connectivity index is 1.41. The van der Waals surface area contributed by atoms with Crippen molar-refractivity contribution in [2.24, 2.45) is 0 Å².